The Balaban J connectivity index is 2.29. The third kappa shape index (κ3) is 9.19. The summed E-state index contributed by atoms with van der Waals surface area (Å²) in [7, 11) is 0. The van der Waals surface area contributed by atoms with Gasteiger partial charge in [0, 0.05) is 18.1 Å². The molecule has 136 valence electrons. The van der Waals surface area contributed by atoms with Gasteiger partial charge in [-0.25, -0.2) is 4.79 Å². The van der Waals surface area contributed by atoms with Crippen LogP contribution >= 0.6 is 0 Å². The van der Waals surface area contributed by atoms with Gasteiger partial charge in [-0.05, 0) is 59.3 Å². The van der Waals surface area contributed by atoms with Crippen LogP contribution in [0.4, 0.5) is 4.79 Å². The van der Waals surface area contributed by atoms with Crippen molar-refractivity contribution in [1.29, 1.82) is 0 Å². The van der Waals surface area contributed by atoms with Crippen LogP contribution in [0.1, 0.15) is 92.4 Å². The fourth-order valence-corrected chi connectivity index (χ4v) is 3.32. The predicted octanol–water partition coefficient (Wildman–Crippen LogP) is 4.77. The number of ether oxygens (including phenoxy) is 1. The van der Waals surface area contributed by atoms with Gasteiger partial charge in [0.15, 0.2) is 0 Å². The van der Waals surface area contributed by atoms with Gasteiger partial charge < -0.3 is 15.4 Å². The molecule has 1 aliphatic rings. The van der Waals surface area contributed by atoms with Gasteiger partial charge in [0.05, 0.1) is 0 Å². The molecule has 0 aromatic carbocycles. The van der Waals surface area contributed by atoms with Crippen LogP contribution in [-0.2, 0) is 4.74 Å². The van der Waals surface area contributed by atoms with E-state index in [1.165, 1.54) is 32.1 Å². The molecule has 0 saturated heterocycles. The number of hydrogen-bond acceptors (Lipinski definition) is 3. The van der Waals surface area contributed by atoms with Crippen LogP contribution in [0.2, 0.25) is 0 Å². The SMILES string of the molecule is CCCCC(CCC)NC1CCC(NC(=O)OC(C)(C)C)CC1. The lowest BCUT2D eigenvalue weighted by atomic mass is 9.90. The first kappa shape index (κ1) is 20.3. The number of rotatable bonds is 8. The Morgan fingerprint density at radius 2 is 1.65 bits per heavy atom. The molecular weight excluding hydrogens is 288 g/mol. The van der Waals surface area contributed by atoms with E-state index in [4.69, 9.17) is 4.74 Å². The van der Waals surface area contributed by atoms with E-state index < -0.39 is 5.60 Å². The molecule has 1 rings (SSSR count). The first-order valence-corrected chi connectivity index (χ1v) is 9.59. The number of amides is 1. The summed E-state index contributed by atoms with van der Waals surface area (Å²) < 4.78 is 5.34. The molecule has 0 radical (unpaired) electrons. The summed E-state index contributed by atoms with van der Waals surface area (Å²) in [5, 5.41) is 6.88. The highest BCUT2D eigenvalue weighted by atomic mass is 16.6. The molecule has 4 nitrogen and oxygen atoms in total. The van der Waals surface area contributed by atoms with Crippen LogP contribution in [0.25, 0.3) is 0 Å². The van der Waals surface area contributed by atoms with Crippen molar-refractivity contribution in [1.82, 2.24) is 10.6 Å². The van der Waals surface area contributed by atoms with Crippen LogP contribution in [0.5, 0.6) is 0 Å². The number of carbonyl (C=O) groups is 1. The molecule has 2 N–H and O–H groups in total. The maximum Gasteiger partial charge on any atom is 0.407 e. The van der Waals surface area contributed by atoms with Crippen molar-refractivity contribution in [2.75, 3.05) is 0 Å². The maximum absolute atomic E-state index is 11.8. The number of alkyl carbamates (subject to hydrolysis) is 1. The van der Waals surface area contributed by atoms with Crippen molar-refractivity contribution in [3.05, 3.63) is 0 Å². The normalized spacial score (nSPS) is 23.3. The first-order chi connectivity index (χ1) is 10.8. The fraction of sp³-hybridized carbons (Fsp3) is 0.947. The molecule has 1 aliphatic carbocycles. The van der Waals surface area contributed by atoms with Crippen LogP contribution in [-0.4, -0.2) is 29.8 Å². The Morgan fingerprint density at radius 3 is 2.17 bits per heavy atom. The maximum atomic E-state index is 11.8. The van der Waals surface area contributed by atoms with Gasteiger partial charge in [0.25, 0.3) is 0 Å². The monoisotopic (exact) mass is 326 g/mol. The molecule has 4 heteroatoms. The molecule has 1 fully saturated rings. The Bertz CT molecular complexity index is 331. The highest BCUT2D eigenvalue weighted by Crippen LogP contribution is 2.21. The van der Waals surface area contributed by atoms with Gasteiger partial charge in [-0.1, -0.05) is 33.1 Å². The highest BCUT2D eigenvalue weighted by Gasteiger charge is 2.25. The van der Waals surface area contributed by atoms with Crippen LogP contribution in [0.15, 0.2) is 0 Å². The summed E-state index contributed by atoms with van der Waals surface area (Å²) in [6.45, 7) is 10.2. The number of nitrogens with one attached hydrogen (secondary N) is 2. The average molecular weight is 327 g/mol. The van der Waals surface area contributed by atoms with Crippen LogP contribution < -0.4 is 10.6 Å². The highest BCUT2D eigenvalue weighted by molar-refractivity contribution is 5.68. The summed E-state index contributed by atoms with van der Waals surface area (Å²) >= 11 is 0. The molecule has 0 bridgehead atoms. The van der Waals surface area contributed by atoms with Gasteiger partial charge in [-0.15, -0.1) is 0 Å². The minimum Gasteiger partial charge on any atom is -0.444 e. The van der Waals surface area contributed by atoms with E-state index in [9.17, 15) is 4.79 Å². The lowest BCUT2D eigenvalue weighted by Gasteiger charge is -2.33. The number of hydrogen-bond donors (Lipinski definition) is 2. The quantitative estimate of drug-likeness (QED) is 0.675. The third-order valence-corrected chi connectivity index (χ3v) is 4.46. The molecule has 1 atom stereocenters. The van der Waals surface area contributed by atoms with E-state index in [0.29, 0.717) is 12.1 Å². The molecular formula is C19H38N2O2. The molecule has 1 unspecified atom stereocenters. The Labute approximate surface area is 143 Å². The van der Waals surface area contributed by atoms with Crippen molar-refractivity contribution < 1.29 is 9.53 Å². The minimum atomic E-state index is -0.421. The predicted molar refractivity (Wildman–Crippen MR) is 96.8 cm³/mol. The van der Waals surface area contributed by atoms with Gasteiger partial charge >= 0.3 is 6.09 Å². The molecule has 0 spiro atoms. The van der Waals surface area contributed by atoms with Gasteiger partial charge in [-0.3, -0.25) is 0 Å². The first-order valence-electron chi connectivity index (χ1n) is 9.59. The second-order valence-corrected chi connectivity index (χ2v) is 7.99. The van der Waals surface area contributed by atoms with Crippen molar-refractivity contribution in [2.24, 2.45) is 0 Å². The summed E-state index contributed by atoms with van der Waals surface area (Å²) in [5.74, 6) is 0. The van der Waals surface area contributed by atoms with E-state index in [2.05, 4.69) is 24.5 Å². The van der Waals surface area contributed by atoms with E-state index in [-0.39, 0.29) is 12.1 Å². The molecule has 1 amide bonds. The summed E-state index contributed by atoms with van der Waals surface area (Å²) in [6, 6.07) is 1.54. The number of unbranched alkanes of at least 4 members (excludes halogenated alkanes) is 1. The van der Waals surface area contributed by atoms with Gasteiger partial charge in [0.1, 0.15) is 5.60 Å². The van der Waals surface area contributed by atoms with Crippen molar-refractivity contribution in [2.45, 2.75) is 116 Å². The molecule has 0 aliphatic heterocycles. The van der Waals surface area contributed by atoms with Crippen molar-refractivity contribution in [3.63, 3.8) is 0 Å². The summed E-state index contributed by atoms with van der Waals surface area (Å²) in [5.41, 5.74) is -0.421. The minimum absolute atomic E-state index is 0.267. The zero-order valence-electron chi connectivity index (χ0n) is 15.9. The Kier molecular flexibility index (Phi) is 8.96. The zero-order chi connectivity index (χ0) is 17.3. The van der Waals surface area contributed by atoms with Crippen molar-refractivity contribution in [3.8, 4) is 0 Å². The van der Waals surface area contributed by atoms with Crippen LogP contribution in [0.3, 0.4) is 0 Å². The molecule has 0 heterocycles. The van der Waals surface area contributed by atoms with Crippen molar-refractivity contribution >= 4 is 6.09 Å². The second kappa shape index (κ2) is 10.2. The van der Waals surface area contributed by atoms with Gasteiger partial charge in [0.2, 0.25) is 0 Å². The largest absolute Gasteiger partial charge is 0.444 e. The van der Waals surface area contributed by atoms with Gasteiger partial charge in [-0.2, -0.15) is 0 Å². The molecule has 0 aromatic rings. The van der Waals surface area contributed by atoms with E-state index >= 15 is 0 Å². The number of carbonyl (C=O) groups excluding carboxylic acids is 1. The standard InChI is InChI=1S/C19H38N2O2/c1-6-8-10-15(9-7-2)20-16-11-13-17(14-12-16)21-18(22)23-19(3,4)5/h15-17,20H,6-14H2,1-5H3,(H,21,22). The Morgan fingerprint density at radius 1 is 1.04 bits per heavy atom. The molecule has 0 aromatic heterocycles. The zero-order valence-corrected chi connectivity index (χ0v) is 15.9. The van der Waals surface area contributed by atoms with E-state index in [0.717, 1.165) is 25.7 Å². The lowest BCUT2D eigenvalue weighted by molar-refractivity contribution is 0.0489. The summed E-state index contributed by atoms with van der Waals surface area (Å²) in [4.78, 5) is 11.8. The van der Waals surface area contributed by atoms with Crippen LogP contribution in [0, 0.1) is 0 Å². The average Bonchev–Trinajstić information content (AvgIpc) is 2.45. The molecule has 23 heavy (non-hydrogen) atoms. The van der Waals surface area contributed by atoms with E-state index in [1.54, 1.807) is 0 Å². The third-order valence-electron chi connectivity index (χ3n) is 4.46. The summed E-state index contributed by atoms with van der Waals surface area (Å²) in [6.07, 6.45) is 10.5. The Hall–Kier alpha value is -0.770. The smallest absolute Gasteiger partial charge is 0.407 e. The topological polar surface area (TPSA) is 50.4 Å². The fourth-order valence-electron chi connectivity index (χ4n) is 3.32. The molecule has 1 saturated carbocycles. The lowest BCUT2D eigenvalue weighted by Crippen LogP contribution is -2.46. The second-order valence-electron chi connectivity index (χ2n) is 7.99. The van der Waals surface area contributed by atoms with E-state index in [1.807, 2.05) is 20.8 Å².